The lowest BCUT2D eigenvalue weighted by Crippen LogP contribution is -2.36. The molecule has 0 amide bonds. The van der Waals surface area contributed by atoms with E-state index < -0.39 is 0 Å². The third kappa shape index (κ3) is 3.83. The van der Waals surface area contributed by atoms with Crippen molar-refractivity contribution in [3.8, 4) is 0 Å². The van der Waals surface area contributed by atoms with Crippen molar-refractivity contribution in [2.24, 2.45) is 0 Å². The van der Waals surface area contributed by atoms with Crippen molar-refractivity contribution in [3.63, 3.8) is 0 Å². The van der Waals surface area contributed by atoms with Gasteiger partial charge in [-0.25, -0.2) is 0 Å². The van der Waals surface area contributed by atoms with Gasteiger partial charge in [0.2, 0.25) is 0 Å². The minimum Gasteiger partial charge on any atom is -0.466 e. The summed E-state index contributed by atoms with van der Waals surface area (Å²) in [5.41, 5.74) is 1.29. The van der Waals surface area contributed by atoms with E-state index in [-0.39, 0.29) is 0 Å². The normalized spacial score (nSPS) is 18.4. The Morgan fingerprint density at radius 2 is 2.05 bits per heavy atom. The molecule has 1 aliphatic carbocycles. The minimum atomic E-state index is 0.370. The van der Waals surface area contributed by atoms with Gasteiger partial charge in [-0.05, 0) is 46.7 Å². The van der Waals surface area contributed by atoms with Gasteiger partial charge < -0.3 is 14.6 Å². The SMILES string of the molecule is Cc1cc(C(C)NCCN(C)C2CCCC2)c(C)o1. The van der Waals surface area contributed by atoms with E-state index in [0.717, 1.165) is 30.7 Å². The van der Waals surface area contributed by atoms with Crippen LogP contribution in [0.15, 0.2) is 10.5 Å². The van der Waals surface area contributed by atoms with E-state index in [1.807, 2.05) is 13.8 Å². The van der Waals surface area contributed by atoms with Crippen molar-refractivity contribution in [2.75, 3.05) is 20.1 Å². The second-order valence-corrected chi connectivity index (χ2v) is 5.96. The molecule has 0 bridgehead atoms. The third-order valence-corrected chi connectivity index (χ3v) is 4.41. The van der Waals surface area contributed by atoms with Crippen LogP contribution in [0, 0.1) is 13.8 Å². The monoisotopic (exact) mass is 264 g/mol. The van der Waals surface area contributed by atoms with Gasteiger partial charge in [0.15, 0.2) is 0 Å². The topological polar surface area (TPSA) is 28.4 Å². The van der Waals surface area contributed by atoms with Crippen molar-refractivity contribution in [3.05, 3.63) is 23.2 Å². The summed E-state index contributed by atoms with van der Waals surface area (Å²) in [6.45, 7) is 8.44. The summed E-state index contributed by atoms with van der Waals surface area (Å²) in [7, 11) is 2.26. The molecule has 108 valence electrons. The highest BCUT2D eigenvalue weighted by Gasteiger charge is 2.19. The Morgan fingerprint density at radius 3 is 2.63 bits per heavy atom. The van der Waals surface area contributed by atoms with Crippen LogP contribution in [-0.4, -0.2) is 31.1 Å². The van der Waals surface area contributed by atoms with Crippen molar-refractivity contribution in [1.29, 1.82) is 0 Å². The van der Waals surface area contributed by atoms with Crippen LogP contribution in [0.5, 0.6) is 0 Å². The molecule has 0 spiro atoms. The fourth-order valence-electron chi connectivity index (χ4n) is 3.18. The Labute approximate surface area is 117 Å². The van der Waals surface area contributed by atoms with Gasteiger partial charge in [0, 0.05) is 30.7 Å². The summed E-state index contributed by atoms with van der Waals surface area (Å²) in [5, 5.41) is 3.61. The first-order chi connectivity index (χ1) is 9.08. The smallest absolute Gasteiger partial charge is 0.105 e. The van der Waals surface area contributed by atoms with E-state index in [9.17, 15) is 0 Å². The molecule has 1 aliphatic rings. The molecule has 0 aromatic carbocycles. The van der Waals surface area contributed by atoms with Gasteiger partial charge in [0.05, 0.1) is 0 Å². The van der Waals surface area contributed by atoms with Gasteiger partial charge in [-0.3, -0.25) is 0 Å². The van der Waals surface area contributed by atoms with Crippen LogP contribution in [0.3, 0.4) is 0 Å². The number of nitrogens with one attached hydrogen (secondary N) is 1. The van der Waals surface area contributed by atoms with E-state index in [1.54, 1.807) is 0 Å². The Bertz CT molecular complexity index is 393. The average molecular weight is 264 g/mol. The van der Waals surface area contributed by atoms with Crippen LogP contribution in [0.1, 0.15) is 55.7 Å². The van der Waals surface area contributed by atoms with Crippen molar-refractivity contribution in [1.82, 2.24) is 10.2 Å². The summed E-state index contributed by atoms with van der Waals surface area (Å²) in [4.78, 5) is 2.51. The Balaban J connectivity index is 1.74. The van der Waals surface area contributed by atoms with E-state index >= 15 is 0 Å². The number of furan rings is 1. The molecule has 1 fully saturated rings. The van der Waals surface area contributed by atoms with Gasteiger partial charge in [0.1, 0.15) is 11.5 Å². The van der Waals surface area contributed by atoms with Crippen LogP contribution in [0.2, 0.25) is 0 Å². The molecule has 0 saturated heterocycles. The largest absolute Gasteiger partial charge is 0.466 e. The summed E-state index contributed by atoms with van der Waals surface area (Å²) >= 11 is 0. The molecule has 1 aromatic heterocycles. The zero-order chi connectivity index (χ0) is 13.8. The molecule has 1 heterocycles. The minimum absolute atomic E-state index is 0.370. The standard InChI is InChI=1S/C16H28N2O/c1-12-11-16(14(3)19-12)13(2)17-9-10-18(4)15-7-5-6-8-15/h11,13,15,17H,5-10H2,1-4H3. The molecule has 1 saturated carbocycles. The van der Waals surface area contributed by atoms with Crippen LogP contribution >= 0.6 is 0 Å². The Morgan fingerprint density at radius 1 is 1.37 bits per heavy atom. The van der Waals surface area contributed by atoms with E-state index in [4.69, 9.17) is 4.42 Å². The number of hydrogen-bond donors (Lipinski definition) is 1. The molecule has 1 atom stereocenters. The fourth-order valence-corrected chi connectivity index (χ4v) is 3.18. The number of likely N-dealkylation sites (N-methyl/N-ethyl adjacent to an activating group) is 1. The average Bonchev–Trinajstić information content (AvgIpc) is 2.98. The van der Waals surface area contributed by atoms with E-state index in [1.165, 1.54) is 31.2 Å². The molecular weight excluding hydrogens is 236 g/mol. The van der Waals surface area contributed by atoms with Gasteiger partial charge in [0.25, 0.3) is 0 Å². The molecule has 1 unspecified atom stereocenters. The molecule has 3 nitrogen and oxygen atoms in total. The summed E-state index contributed by atoms with van der Waals surface area (Å²) < 4.78 is 5.59. The van der Waals surface area contributed by atoms with Gasteiger partial charge in [-0.1, -0.05) is 12.8 Å². The number of aryl methyl sites for hydroxylation is 2. The van der Waals surface area contributed by atoms with Crippen molar-refractivity contribution < 1.29 is 4.42 Å². The predicted octanol–water partition coefficient (Wildman–Crippen LogP) is 3.42. The molecule has 2 rings (SSSR count). The highest BCUT2D eigenvalue weighted by molar-refractivity contribution is 5.23. The highest BCUT2D eigenvalue weighted by atomic mass is 16.3. The number of rotatable bonds is 6. The predicted molar refractivity (Wildman–Crippen MR) is 79.5 cm³/mol. The zero-order valence-corrected chi connectivity index (χ0v) is 12.8. The van der Waals surface area contributed by atoms with Crippen LogP contribution in [0.4, 0.5) is 0 Å². The number of hydrogen-bond acceptors (Lipinski definition) is 3. The fraction of sp³-hybridized carbons (Fsp3) is 0.750. The van der Waals surface area contributed by atoms with Gasteiger partial charge in [-0.2, -0.15) is 0 Å². The second-order valence-electron chi connectivity index (χ2n) is 5.96. The third-order valence-electron chi connectivity index (χ3n) is 4.41. The lowest BCUT2D eigenvalue weighted by atomic mass is 10.1. The van der Waals surface area contributed by atoms with E-state index in [2.05, 4.69) is 30.3 Å². The summed E-state index contributed by atoms with van der Waals surface area (Å²) in [6.07, 6.45) is 5.58. The Hall–Kier alpha value is -0.800. The summed E-state index contributed by atoms with van der Waals surface area (Å²) in [6, 6.07) is 3.33. The van der Waals surface area contributed by atoms with Crippen molar-refractivity contribution in [2.45, 2.75) is 58.5 Å². The molecule has 1 aromatic rings. The van der Waals surface area contributed by atoms with Crippen molar-refractivity contribution >= 4 is 0 Å². The molecule has 1 N–H and O–H groups in total. The molecule has 19 heavy (non-hydrogen) atoms. The van der Waals surface area contributed by atoms with Gasteiger partial charge >= 0.3 is 0 Å². The van der Waals surface area contributed by atoms with Gasteiger partial charge in [-0.15, -0.1) is 0 Å². The lowest BCUT2D eigenvalue weighted by molar-refractivity contribution is 0.243. The molecule has 0 radical (unpaired) electrons. The van der Waals surface area contributed by atoms with Crippen LogP contribution in [0.25, 0.3) is 0 Å². The molecule has 0 aliphatic heterocycles. The van der Waals surface area contributed by atoms with Crippen LogP contribution < -0.4 is 5.32 Å². The molecule has 3 heteroatoms. The highest BCUT2D eigenvalue weighted by Crippen LogP contribution is 2.23. The first-order valence-electron chi connectivity index (χ1n) is 7.58. The second kappa shape index (κ2) is 6.58. The quantitative estimate of drug-likeness (QED) is 0.853. The number of nitrogens with zero attached hydrogens (tertiary/aromatic N) is 1. The maximum atomic E-state index is 5.59. The first kappa shape index (κ1) is 14.6. The van der Waals surface area contributed by atoms with Crippen LogP contribution in [-0.2, 0) is 0 Å². The maximum absolute atomic E-state index is 5.59. The first-order valence-corrected chi connectivity index (χ1v) is 7.58. The molecular formula is C16H28N2O. The summed E-state index contributed by atoms with van der Waals surface area (Å²) in [5.74, 6) is 2.05. The Kier molecular flexibility index (Phi) is 5.06. The zero-order valence-electron chi connectivity index (χ0n) is 12.8. The maximum Gasteiger partial charge on any atom is 0.105 e. The lowest BCUT2D eigenvalue weighted by Gasteiger charge is -2.25. The van der Waals surface area contributed by atoms with E-state index in [0.29, 0.717) is 6.04 Å².